The van der Waals surface area contributed by atoms with Crippen LogP contribution in [0.3, 0.4) is 0 Å². The number of rotatable bonds is 5. The smallest absolute Gasteiger partial charge is 0.337 e. The van der Waals surface area contributed by atoms with Gasteiger partial charge < -0.3 is 9.47 Å². The van der Waals surface area contributed by atoms with Crippen molar-refractivity contribution in [1.29, 1.82) is 0 Å². The first-order valence-electron chi connectivity index (χ1n) is 5.84. The third-order valence-electron chi connectivity index (χ3n) is 2.38. The van der Waals surface area contributed by atoms with Gasteiger partial charge in [-0.3, -0.25) is 10.1 Å². The Morgan fingerprint density at radius 2 is 2.30 bits per heavy atom. The maximum Gasteiger partial charge on any atom is 0.337 e. The fourth-order valence-electron chi connectivity index (χ4n) is 1.53. The Bertz CT molecular complexity index is 614. The number of aromatic nitrogens is 3. The van der Waals surface area contributed by atoms with E-state index in [0.717, 1.165) is 0 Å². The van der Waals surface area contributed by atoms with E-state index in [1.165, 1.54) is 13.2 Å². The highest BCUT2D eigenvalue weighted by molar-refractivity contribution is 6.31. The largest absolute Gasteiger partial charge is 0.496 e. The molecule has 2 aromatic rings. The molecule has 106 valence electrons. The number of hydrogen-bond acceptors (Lipinski definition) is 5. The number of nitrogens with one attached hydrogen (secondary N) is 2. The molecule has 1 aromatic heterocycles. The summed E-state index contributed by atoms with van der Waals surface area (Å²) in [5.41, 5.74) is 0.300. The number of H-pyrrole nitrogens is 1. The first kappa shape index (κ1) is 14.1. The topological polar surface area (TPSA) is 89.1 Å². The molecule has 0 atom stereocenters. The Labute approximate surface area is 120 Å². The maximum atomic E-state index is 12.1. The monoisotopic (exact) mass is 296 g/mol. The zero-order valence-electron chi connectivity index (χ0n) is 10.9. The van der Waals surface area contributed by atoms with Crippen LogP contribution in [0.5, 0.6) is 11.8 Å². The van der Waals surface area contributed by atoms with Gasteiger partial charge in [-0.05, 0) is 25.1 Å². The number of aromatic amines is 1. The molecule has 0 saturated carbocycles. The van der Waals surface area contributed by atoms with Crippen molar-refractivity contribution in [3.05, 3.63) is 28.8 Å². The van der Waals surface area contributed by atoms with Crippen molar-refractivity contribution in [2.75, 3.05) is 19.0 Å². The highest BCUT2D eigenvalue weighted by atomic mass is 35.5. The van der Waals surface area contributed by atoms with Gasteiger partial charge >= 0.3 is 6.01 Å². The molecule has 0 radical (unpaired) electrons. The van der Waals surface area contributed by atoms with Gasteiger partial charge in [0.2, 0.25) is 5.95 Å². The van der Waals surface area contributed by atoms with Crippen LogP contribution in [0, 0.1) is 0 Å². The van der Waals surface area contributed by atoms with Gasteiger partial charge in [-0.15, -0.1) is 5.10 Å². The van der Waals surface area contributed by atoms with Crippen LogP contribution in [-0.2, 0) is 0 Å². The van der Waals surface area contributed by atoms with Crippen LogP contribution in [0.1, 0.15) is 17.3 Å². The Hall–Kier alpha value is -2.28. The van der Waals surface area contributed by atoms with Crippen LogP contribution in [0.2, 0.25) is 5.02 Å². The third kappa shape index (κ3) is 3.18. The second-order valence-corrected chi connectivity index (χ2v) is 4.13. The number of amides is 1. The van der Waals surface area contributed by atoms with E-state index in [1.54, 1.807) is 12.1 Å². The molecule has 20 heavy (non-hydrogen) atoms. The molecule has 0 unspecified atom stereocenters. The molecule has 1 heterocycles. The van der Waals surface area contributed by atoms with Crippen LogP contribution in [0.25, 0.3) is 0 Å². The average Bonchev–Trinajstić information content (AvgIpc) is 2.86. The molecule has 7 nitrogen and oxygen atoms in total. The minimum atomic E-state index is -0.413. The van der Waals surface area contributed by atoms with Gasteiger partial charge in [0.25, 0.3) is 5.91 Å². The Balaban J connectivity index is 2.16. The molecule has 2 N–H and O–H groups in total. The van der Waals surface area contributed by atoms with Gasteiger partial charge in [0.15, 0.2) is 0 Å². The van der Waals surface area contributed by atoms with E-state index >= 15 is 0 Å². The Morgan fingerprint density at radius 3 is 3.00 bits per heavy atom. The summed E-state index contributed by atoms with van der Waals surface area (Å²) < 4.78 is 10.2. The number of benzene rings is 1. The quantitative estimate of drug-likeness (QED) is 0.882. The molecular formula is C12H13ClN4O3. The lowest BCUT2D eigenvalue weighted by Gasteiger charge is -2.07. The number of anilines is 1. The number of halogens is 1. The molecule has 0 saturated heterocycles. The van der Waals surface area contributed by atoms with Crippen molar-refractivity contribution in [3.63, 3.8) is 0 Å². The summed E-state index contributed by atoms with van der Waals surface area (Å²) >= 11 is 5.87. The summed E-state index contributed by atoms with van der Waals surface area (Å²) in [6.45, 7) is 2.25. The van der Waals surface area contributed by atoms with E-state index in [2.05, 4.69) is 20.5 Å². The van der Waals surface area contributed by atoms with Crippen LogP contribution in [0.4, 0.5) is 5.95 Å². The molecule has 0 aliphatic heterocycles. The zero-order valence-corrected chi connectivity index (χ0v) is 11.7. The minimum absolute atomic E-state index is 0.167. The number of hydrogen-bond donors (Lipinski definition) is 2. The van der Waals surface area contributed by atoms with E-state index in [1.807, 2.05) is 6.92 Å². The standard InChI is InChI=1S/C12H13ClN4O3/c1-3-20-12-15-11(16-17-12)14-10(18)8-6-7(13)4-5-9(8)19-2/h4-6H,3H2,1-2H3,(H2,14,15,16,17,18). The third-order valence-corrected chi connectivity index (χ3v) is 2.61. The number of carbonyl (C=O) groups is 1. The second kappa shape index (κ2) is 6.25. The molecule has 2 rings (SSSR count). The summed E-state index contributed by atoms with van der Waals surface area (Å²) in [7, 11) is 1.47. The Kier molecular flexibility index (Phi) is 4.41. The lowest BCUT2D eigenvalue weighted by atomic mass is 10.2. The van der Waals surface area contributed by atoms with Gasteiger partial charge in [0, 0.05) is 5.02 Å². The summed E-state index contributed by atoms with van der Waals surface area (Å²) in [6, 6.07) is 4.93. The van der Waals surface area contributed by atoms with E-state index in [9.17, 15) is 4.79 Å². The molecule has 0 bridgehead atoms. The molecule has 1 aromatic carbocycles. The summed E-state index contributed by atoms with van der Waals surface area (Å²) in [6.07, 6.45) is 0. The van der Waals surface area contributed by atoms with Crippen molar-refractivity contribution in [1.82, 2.24) is 15.2 Å². The zero-order chi connectivity index (χ0) is 14.5. The summed E-state index contributed by atoms with van der Waals surface area (Å²) in [4.78, 5) is 16.1. The number of ether oxygens (including phenoxy) is 2. The summed E-state index contributed by atoms with van der Waals surface area (Å²) in [5.74, 6) is 0.181. The molecule has 0 fully saturated rings. The lowest BCUT2D eigenvalue weighted by molar-refractivity contribution is 0.102. The first-order chi connectivity index (χ1) is 9.63. The van der Waals surface area contributed by atoms with Gasteiger partial charge in [0.05, 0.1) is 19.3 Å². The highest BCUT2D eigenvalue weighted by Crippen LogP contribution is 2.23. The fourth-order valence-corrected chi connectivity index (χ4v) is 1.70. The predicted octanol–water partition coefficient (Wildman–Crippen LogP) is 2.12. The molecule has 1 amide bonds. The van der Waals surface area contributed by atoms with Gasteiger partial charge in [0.1, 0.15) is 5.75 Å². The van der Waals surface area contributed by atoms with Gasteiger partial charge in [-0.25, -0.2) is 5.10 Å². The Morgan fingerprint density at radius 1 is 1.50 bits per heavy atom. The SMILES string of the molecule is CCOc1n[nH]c(NC(=O)c2cc(Cl)ccc2OC)n1. The van der Waals surface area contributed by atoms with Gasteiger partial charge in [-0.2, -0.15) is 4.98 Å². The van der Waals surface area contributed by atoms with E-state index in [4.69, 9.17) is 21.1 Å². The lowest BCUT2D eigenvalue weighted by Crippen LogP contribution is -2.14. The molecule has 0 aliphatic carbocycles. The molecular weight excluding hydrogens is 284 g/mol. The molecule has 8 heteroatoms. The second-order valence-electron chi connectivity index (χ2n) is 3.70. The van der Waals surface area contributed by atoms with Gasteiger partial charge in [-0.1, -0.05) is 11.6 Å². The number of nitrogens with zero attached hydrogens (tertiary/aromatic N) is 2. The molecule has 0 aliphatic rings. The van der Waals surface area contributed by atoms with Crippen LogP contribution in [-0.4, -0.2) is 34.8 Å². The first-order valence-corrected chi connectivity index (χ1v) is 6.22. The summed E-state index contributed by atoms with van der Waals surface area (Å²) in [5, 5.41) is 9.32. The van der Waals surface area contributed by atoms with Crippen molar-refractivity contribution >= 4 is 23.5 Å². The van der Waals surface area contributed by atoms with Crippen LogP contribution < -0.4 is 14.8 Å². The van der Waals surface area contributed by atoms with E-state index < -0.39 is 5.91 Å². The average molecular weight is 297 g/mol. The van der Waals surface area contributed by atoms with Crippen molar-refractivity contribution < 1.29 is 14.3 Å². The highest BCUT2D eigenvalue weighted by Gasteiger charge is 2.15. The fraction of sp³-hybridized carbons (Fsp3) is 0.250. The van der Waals surface area contributed by atoms with E-state index in [0.29, 0.717) is 22.9 Å². The van der Waals surface area contributed by atoms with Crippen molar-refractivity contribution in [2.24, 2.45) is 0 Å². The number of carbonyl (C=O) groups excluding carboxylic acids is 1. The van der Waals surface area contributed by atoms with Crippen molar-refractivity contribution in [2.45, 2.75) is 6.92 Å². The molecule has 0 spiro atoms. The predicted molar refractivity (Wildman–Crippen MR) is 73.5 cm³/mol. The van der Waals surface area contributed by atoms with E-state index in [-0.39, 0.29) is 12.0 Å². The maximum absolute atomic E-state index is 12.1. The minimum Gasteiger partial charge on any atom is -0.496 e. The number of methoxy groups -OCH3 is 1. The van der Waals surface area contributed by atoms with Crippen LogP contribution in [0.15, 0.2) is 18.2 Å². The van der Waals surface area contributed by atoms with Crippen LogP contribution >= 0.6 is 11.6 Å². The van der Waals surface area contributed by atoms with Crippen molar-refractivity contribution in [3.8, 4) is 11.8 Å². The normalized spacial score (nSPS) is 10.2.